The first-order valence-electron chi connectivity index (χ1n) is 5.81. The number of piperazine rings is 1. The molecule has 0 aromatic carbocycles. The molecule has 0 amide bonds. The lowest BCUT2D eigenvalue weighted by molar-refractivity contribution is 0.134. The number of nitrogens with zero attached hydrogens (tertiary/aromatic N) is 1. The van der Waals surface area contributed by atoms with Gasteiger partial charge in [0.05, 0.1) is 0 Å². The van der Waals surface area contributed by atoms with Crippen LogP contribution in [-0.2, 0) is 6.54 Å². The summed E-state index contributed by atoms with van der Waals surface area (Å²) >= 11 is 5.35. The zero-order chi connectivity index (χ0) is 11.6. The van der Waals surface area contributed by atoms with Crippen molar-refractivity contribution in [1.82, 2.24) is 10.2 Å². The largest absolute Gasteiger partial charge is 0.309 e. The Kier molecular flexibility index (Phi) is 4.06. The van der Waals surface area contributed by atoms with E-state index in [1.807, 2.05) is 11.3 Å². The van der Waals surface area contributed by atoms with E-state index >= 15 is 0 Å². The van der Waals surface area contributed by atoms with Gasteiger partial charge in [-0.1, -0.05) is 6.92 Å². The van der Waals surface area contributed by atoms with Crippen LogP contribution in [0.25, 0.3) is 0 Å². The van der Waals surface area contributed by atoms with Crippen molar-refractivity contribution in [2.75, 3.05) is 19.6 Å². The van der Waals surface area contributed by atoms with Gasteiger partial charge in [-0.3, -0.25) is 4.90 Å². The van der Waals surface area contributed by atoms with E-state index in [-0.39, 0.29) is 0 Å². The minimum Gasteiger partial charge on any atom is -0.309 e. The molecule has 4 heteroatoms. The van der Waals surface area contributed by atoms with Gasteiger partial charge in [0.1, 0.15) is 0 Å². The van der Waals surface area contributed by atoms with Crippen LogP contribution in [0.5, 0.6) is 0 Å². The Bertz CT molecular complexity index is 353. The standard InChI is InChI=1S/C12H19BrN2S/c1-3-12(2)9-15(5-4-14-12)7-11-6-10(13)8-16-11/h6,8,14H,3-5,7,9H2,1-2H3. The monoisotopic (exact) mass is 302 g/mol. The maximum Gasteiger partial charge on any atom is 0.0329 e. The third-order valence-corrected chi connectivity index (χ3v) is 5.02. The van der Waals surface area contributed by atoms with Crippen molar-refractivity contribution in [2.45, 2.75) is 32.4 Å². The Hall–Kier alpha value is 0.1000. The molecule has 0 saturated carbocycles. The summed E-state index contributed by atoms with van der Waals surface area (Å²) in [6, 6.07) is 2.23. The summed E-state index contributed by atoms with van der Waals surface area (Å²) in [5, 5.41) is 5.78. The lowest BCUT2D eigenvalue weighted by Crippen LogP contribution is -2.57. The zero-order valence-corrected chi connectivity index (χ0v) is 12.3. The van der Waals surface area contributed by atoms with Gasteiger partial charge in [-0.05, 0) is 35.3 Å². The molecule has 0 aliphatic carbocycles. The summed E-state index contributed by atoms with van der Waals surface area (Å²) in [4.78, 5) is 4.00. The fraction of sp³-hybridized carbons (Fsp3) is 0.667. The number of hydrogen-bond donors (Lipinski definition) is 1. The number of halogens is 1. The lowest BCUT2D eigenvalue weighted by Gasteiger charge is -2.41. The van der Waals surface area contributed by atoms with E-state index < -0.39 is 0 Å². The molecule has 1 aromatic heterocycles. The fourth-order valence-corrected chi connectivity index (χ4v) is 3.67. The summed E-state index contributed by atoms with van der Waals surface area (Å²) in [6.07, 6.45) is 1.19. The smallest absolute Gasteiger partial charge is 0.0329 e. The van der Waals surface area contributed by atoms with Gasteiger partial charge in [-0.15, -0.1) is 11.3 Å². The molecule has 0 bridgehead atoms. The van der Waals surface area contributed by atoms with Crippen molar-refractivity contribution in [3.05, 3.63) is 20.8 Å². The second-order valence-electron chi connectivity index (χ2n) is 4.78. The molecule has 1 fully saturated rings. The Morgan fingerprint density at radius 3 is 3.06 bits per heavy atom. The normalized spacial score (nSPS) is 27.2. The highest BCUT2D eigenvalue weighted by molar-refractivity contribution is 9.10. The SMILES string of the molecule is CCC1(C)CN(Cc2cc(Br)cs2)CCN1. The maximum atomic E-state index is 3.62. The van der Waals surface area contributed by atoms with Crippen LogP contribution in [0, 0.1) is 0 Å². The Labute approximate surface area is 110 Å². The van der Waals surface area contributed by atoms with Gasteiger partial charge in [0.15, 0.2) is 0 Å². The topological polar surface area (TPSA) is 15.3 Å². The predicted octanol–water partition coefficient (Wildman–Crippen LogP) is 3.08. The minimum absolute atomic E-state index is 0.298. The molecule has 1 aliphatic rings. The molecule has 2 nitrogen and oxygen atoms in total. The van der Waals surface area contributed by atoms with Crippen molar-refractivity contribution < 1.29 is 0 Å². The van der Waals surface area contributed by atoms with Crippen molar-refractivity contribution in [3.8, 4) is 0 Å². The summed E-state index contributed by atoms with van der Waals surface area (Å²) in [5.74, 6) is 0. The highest BCUT2D eigenvalue weighted by atomic mass is 79.9. The van der Waals surface area contributed by atoms with Crippen molar-refractivity contribution in [3.63, 3.8) is 0 Å². The average Bonchev–Trinajstić information content (AvgIpc) is 2.64. The first-order valence-corrected chi connectivity index (χ1v) is 7.49. The van der Waals surface area contributed by atoms with Crippen LogP contribution < -0.4 is 5.32 Å². The van der Waals surface area contributed by atoms with E-state index in [1.165, 1.54) is 15.8 Å². The van der Waals surface area contributed by atoms with E-state index in [9.17, 15) is 0 Å². The Morgan fingerprint density at radius 1 is 1.62 bits per heavy atom. The van der Waals surface area contributed by atoms with Gasteiger partial charge in [0.25, 0.3) is 0 Å². The van der Waals surface area contributed by atoms with Crippen molar-refractivity contribution in [1.29, 1.82) is 0 Å². The summed E-state index contributed by atoms with van der Waals surface area (Å²) in [5.41, 5.74) is 0.298. The van der Waals surface area contributed by atoms with Gasteiger partial charge in [-0.2, -0.15) is 0 Å². The number of rotatable bonds is 3. The first-order chi connectivity index (χ1) is 7.61. The number of thiophene rings is 1. The highest BCUT2D eigenvalue weighted by Crippen LogP contribution is 2.23. The zero-order valence-electron chi connectivity index (χ0n) is 9.92. The maximum absolute atomic E-state index is 3.62. The number of nitrogens with one attached hydrogen (secondary N) is 1. The van der Waals surface area contributed by atoms with Crippen LogP contribution in [0.15, 0.2) is 15.9 Å². The van der Waals surface area contributed by atoms with E-state index in [2.05, 4.69) is 51.4 Å². The molecule has 1 unspecified atom stereocenters. The first kappa shape index (κ1) is 12.6. The van der Waals surface area contributed by atoms with Crippen LogP contribution in [0.4, 0.5) is 0 Å². The molecular formula is C12H19BrN2S. The molecule has 2 rings (SSSR count). The van der Waals surface area contributed by atoms with Gasteiger partial charge in [0, 0.05) is 46.4 Å². The minimum atomic E-state index is 0.298. The highest BCUT2D eigenvalue weighted by Gasteiger charge is 2.28. The van der Waals surface area contributed by atoms with Crippen molar-refractivity contribution in [2.24, 2.45) is 0 Å². The molecule has 1 N–H and O–H groups in total. The molecule has 0 spiro atoms. The summed E-state index contributed by atoms with van der Waals surface area (Å²) < 4.78 is 1.21. The summed E-state index contributed by atoms with van der Waals surface area (Å²) in [6.45, 7) is 9.09. The van der Waals surface area contributed by atoms with Crippen LogP contribution in [0.3, 0.4) is 0 Å². The van der Waals surface area contributed by atoms with Crippen LogP contribution in [-0.4, -0.2) is 30.1 Å². The van der Waals surface area contributed by atoms with Crippen molar-refractivity contribution >= 4 is 27.3 Å². The Morgan fingerprint density at radius 2 is 2.44 bits per heavy atom. The van der Waals surface area contributed by atoms with Gasteiger partial charge < -0.3 is 5.32 Å². The fourth-order valence-electron chi connectivity index (χ4n) is 2.17. The van der Waals surface area contributed by atoms with Crippen LogP contribution in [0.1, 0.15) is 25.1 Å². The number of hydrogen-bond acceptors (Lipinski definition) is 3. The molecule has 0 radical (unpaired) electrons. The predicted molar refractivity (Wildman–Crippen MR) is 74.0 cm³/mol. The molecule has 2 heterocycles. The average molecular weight is 303 g/mol. The molecule has 16 heavy (non-hydrogen) atoms. The third-order valence-electron chi connectivity index (χ3n) is 3.33. The van der Waals surface area contributed by atoms with E-state index in [0.29, 0.717) is 5.54 Å². The van der Waals surface area contributed by atoms with E-state index in [4.69, 9.17) is 0 Å². The van der Waals surface area contributed by atoms with E-state index in [1.54, 1.807) is 0 Å². The molecule has 1 atom stereocenters. The van der Waals surface area contributed by atoms with Crippen LogP contribution >= 0.6 is 27.3 Å². The molecular weight excluding hydrogens is 284 g/mol. The van der Waals surface area contributed by atoms with Gasteiger partial charge >= 0.3 is 0 Å². The molecule has 1 aliphatic heterocycles. The van der Waals surface area contributed by atoms with Crippen LogP contribution in [0.2, 0.25) is 0 Å². The van der Waals surface area contributed by atoms with Gasteiger partial charge in [0.2, 0.25) is 0 Å². The van der Waals surface area contributed by atoms with Gasteiger partial charge in [-0.25, -0.2) is 0 Å². The third kappa shape index (κ3) is 3.06. The molecule has 1 saturated heterocycles. The van der Waals surface area contributed by atoms with E-state index in [0.717, 1.165) is 26.2 Å². The molecule has 1 aromatic rings. The second kappa shape index (κ2) is 5.17. The summed E-state index contributed by atoms with van der Waals surface area (Å²) in [7, 11) is 0. The Balaban J connectivity index is 1.95. The lowest BCUT2D eigenvalue weighted by atomic mass is 9.96. The second-order valence-corrected chi connectivity index (χ2v) is 6.69. The quantitative estimate of drug-likeness (QED) is 0.923. The molecule has 90 valence electrons.